The second-order valence-corrected chi connectivity index (χ2v) is 2.98. The molecule has 1 heterocycles. The molecule has 2 nitrogen and oxygen atoms in total. The average molecular weight is 208 g/mol. The van der Waals surface area contributed by atoms with Crippen LogP contribution in [0.25, 0.3) is 11.3 Å². The lowest BCUT2D eigenvalue weighted by molar-refractivity contribution is 0.110. The molecular weight excluding hydrogens is 202 g/mol. The number of rotatable bonds is 2. The van der Waals surface area contributed by atoms with E-state index in [9.17, 15) is 13.6 Å². The number of hydrogen-bond acceptors (Lipinski definition) is 2. The van der Waals surface area contributed by atoms with Crippen molar-refractivity contribution in [1.29, 1.82) is 0 Å². The maximum absolute atomic E-state index is 12.9. The minimum Gasteiger partial charge on any atom is -0.453 e. The van der Waals surface area contributed by atoms with Crippen LogP contribution < -0.4 is 0 Å². The first-order chi connectivity index (χ1) is 7.19. The molecule has 0 aliphatic heterocycles. The van der Waals surface area contributed by atoms with Crippen molar-refractivity contribution < 1.29 is 18.0 Å². The first kappa shape index (κ1) is 9.58. The number of carbonyl (C=O) groups is 1. The van der Waals surface area contributed by atoms with Gasteiger partial charge in [-0.05, 0) is 24.3 Å². The number of carbonyl (C=O) groups excluding carboxylic acids is 1. The zero-order valence-corrected chi connectivity index (χ0v) is 7.54. The van der Waals surface area contributed by atoms with E-state index in [0.717, 1.165) is 18.2 Å². The lowest BCUT2D eigenvalue weighted by Crippen LogP contribution is -1.82. The predicted octanol–water partition coefficient (Wildman–Crippen LogP) is 3.04. The van der Waals surface area contributed by atoms with Crippen LogP contribution >= 0.6 is 0 Å². The molecule has 0 bridgehead atoms. The zero-order valence-electron chi connectivity index (χ0n) is 7.54. The summed E-state index contributed by atoms with van der Waals surface area (Å²) < 4.78 is 30.7. The van der Waals surface area contributed by atoms with E-state index in [-0.39, 0.29) is 17.1 Å². The maximum Gasteiger partial charge on any atom is 0.185 e. The van der Waals surface area contributed by atoms with Crippen molar-refractivity contribution in [3.8, 4) is 11.3 Å². The second kappa shape index (κ2) is 3.65. The van der Waals surface area contributed by atoms with Crippen LogP contribution in [0.2, 0.25) is 0 Å². The Morgan fingerprint density at radius 2 is 1.73 bits per heavy atom. The molecule has 15 heavy (non-hydrogen) atoms. The second-order valence-electron chi connectivity index (χ2n) is 2.98. The predicted molar refractivity (Wildman–Crippen MR) is 49.4 cm³/mol. The summed E-state index contributed by atoms with van der Waals surface area (Å²) in [7, 11) is 0. The maximum atomic E-state index is 12.9. The first-order valence-electron chi connectivity index (χ1n) is 4.20. The lowest BCUT2D eigenvalue weighted by atomic mass is 10.1. The van der Waals surface area contributed by atoms with Crippen LogP contribution in [0.5, 0.6) is 0 Å². The smallest absolute Gasteiger partial charge is 0.185 e. The van der Waals surface area contributed by atoms with Gasteiger partial charge in [0.25, 0.3) is 0 Å². The molecule has 0 unspecified atom stereocenters. The highest BCUT2D eigenvalue weighted by Gasteiger charge is 2.07. The van der Waals surface area contributed by atoms with Gasteiger partial charge in [0.05, 0.1) is 0 Å². The third-order valence-electron chi connectivity index (χ3n) is 1.89. The van der Waals surface area contributed by atoms with Gasteiger partial charge in [0.15, 0.2) is 12.0 Å². The molecule has 0 aliphatic carbocycles. The monoisotopic (exact) mass is 208 g/mol. The number of hydrogen-bond donors (Lipinski definition) is 0. The van der Waals surface area contributed by atoms with Crippen LogP contribution in [-0.4, -0.2) is 6.29 Å². The summed E-state index contributed by atoms with van der Waals surface area (Å²) in [6, 6.07) is 5.96. The summed E-state index contributed by atoms with van der Waals surface area (Å²) in [5.74, 6) is -0.992. The Morgan fingerprint density at radius 3 is 2.27 bits per heavy atom. The molecule has 1 aromatic carbocycles. The molecule has 2 aromatic rings. The van der Waals surface area contributed by atoms with Crippen LogP contribution in [0, 0.1) is 11.6 Å². The van der Waals surface area contributed by atoms with E-state index >= 15 is 0 Å². The van der Waals surface area contributed by atoms with Crippen LogP contribution in [0.3, 0.4) is 0 Å². The highest BCUT2D eigenvalue weighted by molar-refractivity contribution is 5.72. The van der Waals surface area contributed by atoms with Crippen molar-refractivity contribution in [3.05, 3.63) is 47.7 Å². The normalized spacial score (nSPS) is 10.3. The van der Waals surface area contributed by atoms with E-state index in [2.05, 4.69) is 0 Å². The standard InChI is InChI=1S/C11H6F2O2/c12-8-3-7(4-9(13)5-8)11-2-1-10(6-14)15-11/h1-6H. The SMILES string of the molecule is O=Cc1ccc(-c2cc(F)cc(F)c2)o1. The molecule has 0 aliphatic rings. The van der Waals surface area contributed by atoms with Crippen LogP contribution in [0.1, 0.15) is 10.6 Å². The Balaban J connectivity index is 2.48. The Hall–Kier alpha value is -1.97. The zero-order chi connectivity index (χ0) is 10.8. The molecule has 0 saturated carbocycles. The Labute approximate surface area is 84.1 Å². The fourth-order valence-electron chi connectivity index (χ4n) is 1.27. The van der Waals surface area contributed by atoms with Gasteiger partial charge in [-0.3, -0.25) is 4.79 Å². The first-order valence-corrected chi connectivity index (χ1v) is 4.20. The van der Waals surface area contributed by atoms with Crippen LogP contribution in [-0.2, 0) is 0 Å². The molecule has 0 N–H and O–H groups in total. The highest BCUT2D eigenvalue weighted by atomic mass is 19.1. The van der Waals surface area contributed by atoms with E-state index in [1.165, 1.54) is 12.1 Å². The number of furan rings is 1. The highest BCUT2D eigenvalue weighted by Crippen LogP contribution is 2.23. The van der Waals surface area contributed by atoms with Gasteiger partial charge in [-0.2, -0.15) is 0 Å². The topological polar surface area (TPSA) is 30.2 Å². The minimum atomic E-state index is -0.686. The summed E-state index contributed by atoms with van der Waals surface area (Å²) >= 11 is 0. The van der Waals surface area contributed by atoms with Gasteiger partial charge in [-0.1, -0.05) is 0 Å². The van der Waals surface area contributed by atoms with Gasteiger partial charge >= 0.3 is 0 Å². The van der Waals surface area contributed by atoms with Crippen LogP contribution in [0.15, 0.2) is 34.7 Å². The molecule has 0 atom stereocenters. The van der Waals surface area contributed by atoms with Crippen molar-refractivity contribution in [1.82, 2.24) is 0 Å². The number of halogens is 2. The van der Waals surface area contributed by atoms with Crippen molar-refractivity contribution in [3.63, 3.8) is 0 Å². The van der Waals surface area contributed by atoms with E-state index in [1.54, 1.807) is 0 Å². The third-order valence-corrected chi connectivity index (χ3v) is 1.89. The van der Waals surface area contributed by atoms with Gasteiger partial charge in [0, 0.05) is 11.6 Å². The van der Waals surface area contributed by atoms with Crippen molar-refractivity contribution in [2.75, 3.05) is 0 Å². The lowest BCUT2D eigenvalue weighted by Gasteiger charge is -1.97. The van der Waals surface area contributed by atoms with Gasteiger partial charge in [-0.25, -0.2) is 8.78 Å². The van der Waals surface area contributed by atoms with Gasteiger partial charge in [-0.15, -0.1) is 0 Å². The largest absolute Gasteiger partial charge is 0.453 e. The van der Waals surface area contributed by atoms with E-state index in [0.29, 0.717) is 6.29 Å². The Bertz CT molecular complexity index is 483. The summed E-state index contributed by atoms with van der Waals surface area (Å²) in [4.78, 5) is 10.3. The van der Waals surface area contributed by atoms with Gasteiger partial charge < -0.3 is 4.42 Å². The third kappa shape index (κ3) is 1.93. The van der Waals surface area contributed by atoms with E-state index in [4.69, 9.17) is 4.42 Å². The van der Waals surface area contributed by atoms with Crippen LogP contribution in [0.4, 0.5) is 8.78 Å². The summed E-state index contributed by atoms with van der Waals surface area (Å²) in [5.41, 5.74) is 0.264. The molecule has 1 aromatic heterocycles. The molecule has 0 spiro atoms. The van der Waals surface area contributed by atoms with E-state index in [1.807, 2.05) is 0 Å². The molecule has 0 amide bonds. The van der Waals surface area contributed by atoms with Crippen molar-refractivity contribution >= 4 is 6.29 Å². The van der Waals surface area contributed by atoms with Crippen molar-refractivity contribution in [2.24, 2.45) is 0 Å². The fraction of sp³-hybridized carbons (Fsp3) is 0. The molecule has 2 rings (SSSR count). The van der Waals surface area contributed by atoms with Gasteiger partial charge in [0.2, 0.25) is 0 Å². The van der Waals surface area contributed by atoms with Gasteiger partial charge in [0.1, 0.15) is 17.4 Å². The quantitative estimate of drug-likeness (QED) is 0.710. The molecule has 0 saturated heterocycles. The van der Waals surface area contributed by atoms with E-state index < -0.39 is 11.6 Å². The molecule has 0 fully saturated rings. The molecule has 0 radical (unpaired) electrons. The summed E-state index contributed by atoms with van der Waals surface area (Å²) in [5, 5.41) is 0. The molecule has 4 heteroatoms. The molecule has 76 valence electrons. The summed E-state index contributed by atoms with van der Waals surface area (Å²) in [6.07, 6.45) is 0.527. The Morgan fingerprint density at radius 1 is 1.07 bits per heavy atom. The average Bonchev–Trinajstić information content (AvgIpc) is 2.64. The fourth-order valence-corrected chi connectivity index (χ4v) is 1.27. The van der Waals surface area contributed by atoms with Crippen molar-refractivity contribution in [2.45, 2.75) is 0 Å². The molecular formula is C11H6F2O2. The minimum absolute atomic E-state index is 0.120. The summed E-state index contributed by atoms with van der Waals surface area (Å²) in [6.45, 7) is 0. The number of aldehydes is 1. The Kier molecular flexibility index (Phi) is 2.33. The number of benzene rings is 1.